The number of halogens is 1. The van der Waals surface area contributed by atoms with Gasteiger partial charge in [0, 0.05) is 0 Å². The number of nitrogens with zero attached hydrogens (tertiary/aromatic N) is 1. The Labute approximate surface area is 104 Å². The van der Waals surface area contributed by atoms with Gasteiger partial charge in [0.25, 0.3) is 0 Å². The molecule has 0 amide bonds. The Morgan fingerprint density at radius 3 is 2.59 bits per heavy atom. The van der Waals surface area contributed by atoms with Crippen LogP contribution in [-0.2, 0) is 0 Å². The van der Waals surface area contributed by atoms with Crippen molar-refractivity contribution in [2.75, 3.05) is 5.73 Å². The molecule has 4 heteroatoms. The molecule has 0 bridgehead atoms. The summed E-state index contributed by atoms with van der Waals surface area (Å²) in [7, 11) is 0. The first-order chi connectivity index (χ1) is 8.22. The zero-order chi connectivity index (χ0) is 11.8. The van der Waals surface area contributed by atoms with E-state index in [1.165, 1.54) is 12.1 Å². The van der Waals surface area contributed by atoms with E-state index < -0.39 is 0 Å². The number of fused-ring (bicyclic) bond motifs is 1. The molecule has 1 heterocycles. The summed E-state index contributed by atoms with van der Waals surface area (Å²) < 4.78 is 15.2. The predicted molar refractivity (Wildman–Crippen MR) is 68.5 cm³/mol. The third kappa shape index (κ3) is 1.97. The molecule has 0 radical (unpaired) electrons. The van der Waals surface area contributed by atoms with Crippen molar-refractivity contribution in [3.05, 3.63) is 48.3 Å². The van der Waals surface area contributed by atoms with E-state index in [9.17, 15) is 4.39 Å². The number of hydrogen-bond acceptors (Lipinski definition) is 2. The second kappa shape index (κ2) is 3.99. The van der Waals surface area contributed by atoms with Gasteiger partial charge in [0.1, 0.15) is 0 Å². The van der Waals surface area contributed by atoms with Crippen LogP contribution in [0.1, 0.15) is 0 Å². The van der Waals surface area contributed by atoms with Crippen molar-refractivity contribution < 1.29 is 4.39 Å². The molecule has 3 aromatic rings. The third-order valence-corrected chi connectivity index (χ3v) is 4.78. The summed E-state index contributed by atoms with van der Waals surface area (Å²) in [6.45, 7) is 0. The number of nitrogens with two attached hydrogens (primary N) is 1. The van der Waals surface area contributed by atoms with Gasteiger partial charge >= 0.3 is 103 Å². The van der Waals surface area contributed by atoms with E-state index in [-0.39, 0.29) is 20.3 Å². The van der Waals surface area contributed by atoms with Crippen molar-refractivity contribution in [2.45, 2.75) is 0 Å². The van der Waals surface area contributed by atoms with Gasteiger partial charge in [-0.3, -0.25) is 0 Å². The second-order valence-electron chi connectivity index (χ2n) is 3.75. The van der Waals surface area contributed by atoms with Crippen LogP contribution in [0.25, 0.3) is 19.9 Å². The first kappa shape index (κ1) is 10.5. The summed E-state index contributed by atoms with van der Waals surface area (Å²) in [5, 5.41) is 0. The number of aromatic nitrogens is 1. The fourth-order valence-electron chi connectivity index (χ4n) is 1.65. The molecule has 1 aromatic heterocycles. The average Bonchev–Trinajstić information content (AvgIpc) is 2.72. The third-order valence-electron chi connectivity index (χ3n) is 2.51. The molecule has 84 valence electrons. The number of nitrogen functional groups attached to an aromatic ring is 1. The first-order valence-electron chi connectivity index (χ1n) is 5.14. The summed E-state index contributed by atoms with van der Waals surface area (Å²) >= 11 is 0.152. The average molecular weight is 291 g/mol. The molecule has 0 aliphatic carbocycles. The first-order valence-corrected chi connectivity index (χ1v) is 6.86. The summed E-state index contributed by atoms with van der Waals surface area (Å²) in [4.78, 5) is 4.48. The van der Waals surface area contributed by atoms with Crippen molar-refractivity contribution in [3.8, 4) is 10.1 Å². The van der Waals surface area contributed by atoms with Gasteiger partial charge in [0.2, 0.25) is 0 Å². The van der Waals surface area contributed by atoms with Crippen LogP contribution in [0, 0.1) is 5.82 Å². The summed E-state index contributed by atoms with van der Waals surface area (Å²) in [6, 6.07) is 12.4. The van der Waals surface area contributed by atoms with E-state index in [4.69, 9.17) is 5.73 Å². The van der Waals surface area contributed by atoms with Gasteiger partial charge in [0.05, 0.1) is 0 Å². The molecule has 2 nitrogen and oxygen atoms in total. The Morgan fingerprint density at radius 2 is 1.82 bits per heavy atom. The molecule has 0 saturated heterocycles. The van der Waals surface area contributed by atoms with Crippen LogP contribution >= 0.6 is 0 Å². The molecule has 17 heavy (non-hydrogen) atoms. The van der Waals surface area contributed by atoms with Crippen LogP contribution in [0.15, 0.2) is 42.5 Å². The van der Waals surface area contributed by atoms with Gasteiger partial charge in [-0.05, 0) is 0 Å². The van der Waals surface area contributed by atoms with Crippen molar-refractivity contribution >= 4 is 30.0 Å². The molecule has 0 saturated carbocycles. The van der Waals surface area contributed by atoms with Crippen molar-refractivity contribution in [1.82, 2.24) is 4.98 Å². The molecule has 0 fully saturated rings. The van der Waals surface area contributed by atoms with Crippen molar-refractivity contribution in [1.29, 1.82) is 0 Å². The summed E-state index contributed by atoms with van der Waals surface area (Å²) in [6.07, 6.45) is 0. The SMILES string of the molecule is Nc1ccc(-c2nc3cc(F)ccc3[se]2)cc1. The molecule has 3 rings (SSSR count). The van der Waals surface area contributed by atoms with Crippen LogP contribution in [0.3, 0.4) is 0 Å². The van der Waals surface area contributed by atoms with E-state index in [1.807, 2.05) is 30.3 Å². The molecule has 0 unspecified atom stereocenters. The predicted octanol–water partition coefficient (Wildman–Crippen LogP) is 2.68. The van der Waals surface area contributed by atoms with Crippen molar-refractivity contribution in [2.24, 2.45) is 0 Å². The van der Waals surface area contributed by atoms with E-state index in [1.54, 1.807) is 0 Å². The maximum atomic E-state index is 13.1. The molecule has 0 aliphatic heterocycles. The van der Waals surface area contributed by atoms with Crippen LogP contribution in [0.2, 0.25) is 0 Å². The maximum absolute atomic E-state index is 13.1. The Kier molecular flexibility index (Phi) is 2.46. The zero-order valence-corrected chi connectivity index (χ0v) is 10.6. The minimum absolute atomic E-state index is 0.152. The number of hydrogen-bond donors (Lipinski definition) is 1. The van der Waals surface area contributed by atoms with E-state index in [0.29, 0.717) is 0 Å². The fraction of sp³-hybridized carbons (Fsp3) is 0. The number of rotatable bonds is 1. The van der Waals surface area contributed by atoms with Crippen LogP contribution < -0.4 is 5.73 Å². The standard InChI is InChI=1S/C13H9FN2Se/c14-9-3-6-12-11(7-9)16-13(17-12)8-1-4-10(15)5-2-8/h1-7H,15H2. The molecule has 0 atom stereocenters. The van der Waals surface area contributed by atoms with E-state index in [0.717, 1.165) is 25.6 Å². The second-order valence-corrected chi connectivity index (χ2v) is 5.92. The summed E-state index contributed by atoms with van der Waals surface area (Å²) in [5.41, 5.74) is 8.21. The van der Waals surface area contributed by atoms with E-state index in [2.05, 4.69) is 4.98 Å². The van der Waals surface area contributed by atoms with Crippen molar-refractivity contribution in [3.63, 3.8) is 0 Å². The molecule has 0 spiro atoms. The number of anilines is 1. The molecule has 0 aliphatic rings. The fourth-order valence-corrected chi connectivity index (χ4v) is 3.65. The zero-order valence-electron chi connectivity index (χ0n) is 8.85. The Hall–Kier alpha value is -1.64. The number of benzene rings is 2. The van der Waals surface area contributed by atoms with Crippen LogP contribution in [-0.4, -0.2) is 19.5 Å². The minimum atomic E-state index is -0.234. The van der Waals surface area contributed by atoms with Crippen LogP contribution in [0.5, 0.6) is 0 Å². The van der Waals surface area contributed by atoms with Crippen LogP contribution in [0.4, 0.5) is 10.1 Å². The normalized spacial score (nSPS) is 10.9. The Bertz CT molecular complexity index is 673. The monoisotopic (exact) mass is 292 g/mol. The molecular weight excluding hydrogens is 282 g/mol. The Morgan fingerprint density at radius 1 is 1.06 bits per heavy atom. The van der Waals surface area contributed by atoms with Gasteiger partial charge in [-0.1, -0.05) is 0 Å². The van der Waals surface area contributed by atoms with Gasteiger partial charge in [-0.2, -0.15) is 0 Å². The molecule has 2 N–H and O–H groups in total. The Balaban J connectivity index is 2.14. The van der Waals surface area contributed by atoms with Gasteiger partial charge < -0.3 is 0 Å². The summed E-state index contributed by atoms with van der Waals surface area (Å²) in [5.74, 6) is -0.234. The quantitative estimate of drug-likeness (QED) is 0.553. The molecular formula is C13H9FN2Se. The van der Waals surface area contributed by atoms with Gasteiger partial charge in [-0.15, -0.1) is 0 Å². The van der Waals surface area contributed by atoms with Gasteiger partial charge in [-0.25, -0.2) is 0 Å². The molecule has 2 aromatic carbocycles. The van der Waals surface area contributed by atoms with E-state index >= 15 is 0 Å². The van der Waals surface area contributed by atoms with Gasteiger partial charge in [0.15, 0.2) is 0 Å². The topological polar surface area (TPSA) is 38.9 Å².